The third-order valence-electron chi connectivity index (χ3n) is 2.67. The zero-order valence-electron chi connectivity index (χ0n) is 10.4. The van der Waals surface area contributed by atoms with Crippen LogP contribution < -0.4 is 5.32 Å². The molecule has 2 aromatic rings. The van der Waals surface area contributed by atoms with Gasteiger partial charge in [-0.2, -0.15) is 0 Å². The summed E-state index contributed by atoms with van der Waals surface area (Å²) in [6.07, 6.45) is 0. The minimum absolute atomic E-state index is 0.0791. The summed E-state index contributed by atoms with van der Waals surface area (Å²) < 4.78 is 13.6. The number of hydrogen-bond acceptors (Lipinski definition) is 3. The molecule has 2 aromatic carbocycles. The Bertz CT molecular complexity index is 713. The summed E-state index contributed by atoms with van der Waals surface area (Å²) in [5.74, 6) is -3.32. The normalized spacial score (nSPS) is 10.2. The van der Waals surface area contributed by atoms with E-state index >= 15 is 0 Å². The maximum atomic E-state index is 13.6. The molecule has 5 nitrogen and oxygen atoms in total. The van der Waals surface area contributed by atoms with Gasteiger partial charge < -0.3 is 15.5 Å². The van der Waals surface area contributed by atoms with Crippen molar-refractivity contribution in [1.82, 2.24) is 0 Å². The lowest BCUT2D eigenvalue weighted by Crippen LogP contribution is -2.16. The molecule has 108 valence electrons. The highest BCUT2D eigenvalue weighted by molar-refractivity contribution is 6.34. The Morgan fingerprint density at radius 3 is 2.52 bits per heavy atom. The molecule has 0 atom stereocenters. The minimum Gasteiger partial charge on any atom is -0.508 e. The molecule has 0 saturated carbocycles. The quantitative estimate of drug-likeness (QED) is 0.760. The van der Waals surface area contributed by atoms with Gasteiger partial charge in [-0.05, 0) is 30.3 Å². The number of phenols is 1. The summed E-state index contributed by atoms with van der Waals surface area (Å²) in [6.45, 7) is 0. The van der Waals surface area contributed by atoms with Crippen molar-refractivity contribution in [1.29, 1.82) is 0 Å². The van der Waals surface area contributed by atoms with Gasteiger partial charge in [0.1, 0.15) is 11.6 Å². The number of phenolic OH excluding ortho intramolecular Hbond substituents is 1. The number of benzene rings is 2. The van der Waals surface area contributed by atoms with Crippen LogP contribution >= 0.6 is 11.6 Å². The minimum atomic E-state index is -1.35. The first-order valence-electron chi connectivity index (χ1n) is 5.72. The maximum absolute atomic E-state index is 13.6. The summed E-state index contributed by atoms with van der Waals surface area (Å²) in [6, 6.07) is 7.12. The van der Waals surface area contributed by atoms with E-state index in [-0.39, 0.29) is 27.6 Å². The zero-order valence-corrected chi connectivity index (χ0v) is 11.2. The molecule has 0 bridgehead atoms. The molecule has 2 rings (SSSR count). The van der Waals surface area contributed by atoms with E-state index in [0.29, 0.717) is 0 Å². The van der Waals surface area contributed by atoms with Gasteiger partial charge in [-0.1, -0.05) is 17.7 Å². The van der Waals surface area contributed by atoms with Crippen molar-refractivity contribution in [2.24, 2.45) is 0 Å². The Kier molecular flexibility index (Phi) is 4.09. The van der Waals surface area contributed by atoms with Gasteiger partial charge in [-0.15, -0.1) is 0 Å². The fraction of sp³-hybridized carbons (Fsp3) is 0. The van der Waals surface area contributed by atoms with Gasteiger partial charge in [-0.25, -0.2) is 9.18 Å². The van der Waals surface area contributed by atoms with E-state index < -0.39 is 17.7 Å². The number of aromatic hydroxyl groups is 1. The lowest BCUT2D eigenvalue weighted by atomic mass is 10.1. The SMILES string of the molecule is O=C(O)c1cc(O)ccc1NC(=O)c1c(F)cccc1Cl. The Morgan fingerprint density at radius 2 is 1.90 bits per heavy atom. The van der Waals surface area contributed by atoms with Crippen molar-refractivity contribution in [2.75, 3.05) is 5.32 Å². The number of carbonyl (C=O) groups is 2. The molecule has 0 aliphatic heterocycles. The van der Waals surface area contributed by atoms with Gasteiger partial charge in [0, 0.05) is 0 Å². The highest BCUT2D eigenvalue weighted by atomic mass is 35.5. The Morgan fingerprint density at radius 1 is 1.19 bits per heavy atom. The highest BCUT2D eigenvalue weighted by Gasteiger charge is 2.19. The Balaban J connectivity index is 2.39. The molecule has 3 N–H and O–H groups in total. The monoisotopic (exact) mass is 309 g/mol. The van der Waals surface area contributed by atoms with Gasteiger partial charge in [0.25, 0.3) is 5.91 Å². The van der Waals surface area contributed by atoms with Crippen LogP contribution in [-0.2, 0) is 0 Å². The van der Waals surface area contributed by atoms with E-state index in [0.717, 1.165) is 12.1 Å². The summed E-state index contributed by atoms with van der Waals surface area (Å²) in [7, 11) is 0. The molecule has 0 unspecified atom stereocenters. The number of anilines is 1. The number of hydrogen-bond donors (Lipinski definition) is 3. The van der Waals surface area contributed by atoms with Crippen LogP contribution in [0.2, 0.25) is 5.02 Å². The first-order valence-corrected chi connectivity index (χ1v) is 6.09. The van der Waals surface area contributed by atoms with Crippen molar-refractivity contribution < 1.29 is 24.2 Å². The largest absolute Gasteiger partial charge is 0.508 e. The van der Waals surface area contributed by atoms with Crippen LogP contribution in [0.3, 0.4) is 0 Å². The second-order valence-corrected chi connectivity index (χ2v) is 4.49. The van der Waals surface area contributed by atoms with E-state index in [1.807, 2.05) is 0 Å². The summed E-state index contributed by atoms with van der Waals surface area (Å²) in [5, 5.41) is 20.5. The van der Waals surface area contributed by atoms with Crippen LogP contribution in [-0.4, -0.2) is 22.1 Å². The van der Waals surface area contributed by atoms with Crippen LogP contribution in [0.1, 0.15) is 20.7 Å². The van der Waals surface area contributed by atoms with Crippen LogP contribution in [0.4, 0.5) is 10.1 Å². The van der Waals surface area contributed by atoms with Crippen LogP contribution in [0.5, 0.6) is 5.75 Å². The van der Waals surface area contributed by atoms with Gasteiger partial charge >= 0.3 is 5.97 Å². The number of aromatic carboxylic acids is 1. The molecule has 0 saturated heterocycles. The molecule has 0 fully saturated rings. The number of nitrogens with one attached hydrogen (secondary N) is 1. The van der Waals surface area contributed by atoms with E-state index in [2.05, 4.69) is 5.32 Å². The zero-order chi connectivity index (χ0) is 15.6. The lowest BCUT2D eigenvalue weighted by molar-refractivity contribution is 0.0697. The predicted molar refractivity (Wildman–Crippen MR) is 74.4 cm³/mol. The fourth-order valence-electron chi connectivity index (χ4n) is 1.72. The second kappa shape index (κ2) is 5.80. The Labute approximate surface area is 123 Å². The average molecular weight is 310 g/mol. The summed E-state index contributed by atoms with van der Waals surface area (Å²) >= 11 is 5.76. The van der Waals surface area contributed by atoms with E-state index in [4.69, 9.17) is 16.7 Å². The fourth-order valence-corrected chi connectivity index (χ4v) is 1.97. The molecule has 0 aliphatic rings. The molecule has 0 heterocycles. The number of carbonyl (C=O) groups excluding carboxylic acids is 1. The van der Waals surface area contributed by atoms with E-state index in [1.165, 1.54) is 24.3 Å². The lowest BCUT2D eigenvalue weighted by Gasteiger charge is -2.10. The molecule has 0 aromatic heterocycles. The van der Waals surface area contributed by atoms with Gasteiger partial charge in [-0.3, -0.25) is 4.79 Å². The molecule has 0 radical (unpaired) electrons. The molecule has 7 heteroatoms. The van der Waals surface area contributed by atoms with Crippen molar-refractivity contribution in [3.63, 3.8) is 0 Å². The second-order valence-electron chi connectivity index (χ2n) is 4.09. The molecule has 1 amide bonds. The van der Waals surface area contributed by atoms with E-state index in [1.54, 1.807) is 0 Å². The Hall–Kier alpha value is -2.60. The molecule has 21 heavy (non-hydrogen) atoms. The van der Waals surface area contributed by atoms with Crippen molar-refractivity contribution >= 4 is 29.2 Å². The standard InChI is InChI=1S/C14H9ClFNO4/c15-9-2-1-3-10(16)12(9)13(19)17-11-5-4-7(18)6-8(11)14(20)21/h1-6,18H,(H,17,19)(H,20,21). The predicted octanol–water partition coefficient (Wildman–Crippen LogP) is 3.14. The molecular formula is C14H9ClFNO4. The van der Waals surface area contributed by atoms with Crippen molar-refractivity contribution in [3.05, 3.63) is 58.4 Å². The summed E-state index contributed by atoms with van der Waals surface area (Å²) in [5.41, 5.74) is -0.788. The highest BCUT2D eigenvalue weighted by Crippen LogP contribution is 2.24. The maximum Gasteiger partial charge on any atom is 0.337 e. The van der Waals surface area contributed by atoms with Crippen molar-refractivity contribution in [2.45, 2.75) is 0 Å². The third kappa shape index (κ3) is 3.11. The topological polar surface area (TPSA) is 86.6 Å². The van der Waals surface area contributed by atoms with Gasteiger partial charge in [0.2, 0.25) is 0 Å². The van der Waals surface area contributed by atoms with E-state index in [9.17, 15) is 19.1 Å². The van der Waals surface area contributed by atoms with Gasteiger partial charge in [0.05, 0.1) is 21.8 Å². The average Bonchev–Trinajstić information content (AvgIpc) is 2.40. The number of carboxylic acids is 1. The number of halogens is 2. The summed E-state index contributed by atoms with van der Waals surface area (Å²) in [4.78, 5) is 23.1. The van der Waals surface area contributed by atoms with Crippen LogP contribution in [0, 0.1) is 5.82 Å². The molecular weight excluding hydrogens is 301 g/mol. The molecule has 0 aliphatic carbocycles. The number of amides is 1. The number of rotatable bonds is 3. The molecule has 0 spiro atoms. The van der Waals surface area contributed by atoms with Crippen LogP contribution in [0.15, 0.2) is 36.4 Å². The first-order chi connectivity index (χ1) is 9.90. The third-order valence-corrected chi connectivity index (χ3v) is 2.99. The van der Waals surface area contributed by atoms with Crippen LogP contribution in [0.25, 0.3) is 0 Å². The number of carboxylic acid groups (broad SMARTS) is 1. The van der Waals surface area contributed by atoms with Gasteiger partial charge in [0.15, 0.2) is 0 Å². The van der Waals surface area contributed by atoms with Crippen molar-refractivity contribution in [3.8, 4) is 5.75 Å². The smallest absolute Gasteiger partial charge is 0.337 e. The first kappa shape index (κ1) is 14.8.